The highest BCUT2D eigenvalue weighted by atomic mass is 16.5. The van der Waals surface area contributed by atoms with E-state index >= 15 is 0 Å². The van der Waals surface area contributed by atoms with E-state index in [0.717, 1.165) is 16.7 Å². The number of hydrogen-bond acceptors (Lipinski definition) is 6. The van der Waals surface area contributed by atoms with E-state index in [1.165, 1.54) is 0 Å². The van der Waals surface area contributed by atoms with E-state index in [0.29, 0.717) is 41.4 Å². The molecule has 0 fully saturated rings. The van der Waals surface area contributed by atoms with Crippen molar-refractivity contribution in [3.63, 3.8) is 0 Å². The SMILES string of the molecule is CCOc1cc(C2c3c(-c4cc(C)ccc4O)n[nH]c3C(=O)N2Cc2cccnc2)ccc1O. The van der Waals surface area contributed by atoms with Gasteiger partial charge in [-0.3, -0.25) is 14.9 Å². The second-order valence-electron chi connectivity index (χ2n) is 8.24. The second-order valence-corrected chi connectivity index (χ2v) is 8.24. The fourth-order valence-corrected chi connectivity index (χ4v) is 4.41. The third-order valence-corrected chi connectivity index (χ3v) is 5.95. The molecule has 0 radical (unpaired) electrons. The van der Waals surface area contributed by atoms with Gasteiger partial charge in [-0.05, 0) is 55.3 Å². The number of hydrogen-bond donors (Lipinski definition) is 3. The maximum atomic E-state index is 13.6. The number of amides is 1. The number of nitrogens with zero attached hydrogens (tertiary/aromatic N) is 3. The first-order valence-electron chi connectivity index (χ1n) is 11.0. The van der Waals surface area contributed by atoms with Gasteiger partial charge in [0.05, 0.1) is 12.6 Å². The summed E-state index contributed by atoms with van der Waals surface area (Å²) in [6.45, 7) is 4.48. The van der Waals surface area contributed by atoms with Gasteiger partial charge >= 0.3 is 0 Å². The number of aromatic hydroxyl groups is 2. The minimum absolute atomic E-state index is 0.0257. The van der Waals surface area contributed by atoms with E-state index in [-0.39, 0.29) is 17.4 Å². The summed E-state index contributed by atoms with van der Waals surface area (Å²) in [6.07, 6.45) is 3.41. The van der Waals surface area contributed by atoms with Crippen molar-refractivity contribution in [3.8, 4) is 28.5 Å². The monoisotopic (exact) mass is 456 g/mol. The highest BCUT2D eigenvalue weighted by Gasteiger charge is 2.42. The first-order chi connectivity index (χ1) is 16.5. The lowest BCUT2D eigenvalue weighted by Crippen LogP contribution is -2.29. The minimum atomic E-state index is -0.517. The van der Waals surface area contributed by atoms with Crippen molar-refractivity contribution in [3.05, 3.63) is 88.9 Å². The van der Waals surface area contributed by atoms with E-state index in [9.17, 15) is 15.0 Å². The van der Waals surface area contributed by atoms with Crippen molar-refractivity contribution in [1.82, 2.24) is 20.1 Å². The van der Waals surface area contributed by atoms with Crippen molar-refractivity contribution >= 4 is 5.91 Å². The molecule has 0 spiro atoms. The van der Waals surface area contributed by atoms with E-state index < -0.39 is 6.04 Å². The van der Waals surface area contributed by atoms with E-state index in [1.54, 1.807) is 41.6 Å². The normalized spacial score (nSPS) is 14.9. The van der Waals surface area contributed by atoms with Gasteiger partial charge in [0.1, 0.15) is 17.1 Å². The molecular formula is C26H24N4O4. The molecule has 0 bridgehead atoms. The smallest absolute Gasteiger partial charge is 0.273 e. The van der Waals surface area contributed by atoms with Gasteiger partial charge in [-0.2, -0.15) is 5.10 Å². The zero-order chi connectivity index (χ0) is 23.8. The third-order valence-electron chi connectivity index (χ3n) is 5.95. The number of carbonyl (C=O) groups excluding carboxylic acids is 1. The summed E-state index contributed by atoms with van der Waals surface area (Å²) < 4.78 is 5.61. The number of phenols is 2. The molecule has 0 saturated heterocycles. The predicted octanol–water partition coefficient (Wildman–Crippen LogP) is 4.34. The fourth-order valence-electron chi connectivity index (χ4n) is 4.41. The summed E-state index contributed by atoms with van der Waals surface area (Å²) in [5.74, 6) is 0.238. The maximum Gasteiger partial charge on any atom is 0.273 e. The Morgan fingerprint density at radius 1 is 1.12 bits per heavy atom. The summed E-state index contributed by atoms with van der Waals surface area (Å²) in [5, 5.41) is 28.2. The Kier molecular flexibility index (Phi) is 5.41. The van der Waals surface area contributed by atoms with Crippen LogP contribution in [-0.4, -0.2) is 42.8 Å². The molecule has 172 valence electrons. The molecule has 0 saturated carbocycles. The Balaban J connectivity index is 1.69. The summed E-state index contributed by atoms with van der Waals surface area (Å²) in [6, 6.07) is 13.6. The Labute approximate surface area is 196 Å². The minimum Gasteiger partial charge on any atom is -0.507 e. The molecule has 4 aromatic rings. The van der Waals surface area contributed by atoms with Crippen LogP contribution in [0.4, 0.5) is 0 Å². The molecular weight excluding hydrogens is 432 g/mol. The van der Waals surface area contributed by atoms with Gasteiger partial charge in [0, 0.05) is 30.1 Å². The molecule has 3 heterocycles. The number of aryl methyl sites for hydroxylation is 1. The molecule has 3 N–H and O–H groups in total. The maximum absolute atomic E-state index is 13.6. The molecule has 8 heteroatoms. The van der Waals surface area contributed by atoms with Gasteiger partial charge in [0.15, 0.2) is 11.5 Å². The number of pyridine rings is 1. The van der Waals surface area contributed by atoms with Gasteiger partial charge in [-0.25, -0.2) is 0 Å². The number of rotatable bonds is 6. The van der Waals surface area contributed by atoms with Crippen LogP contribution in [0.15, 0.2) is 60.9 Å². The Hall–Kier alpha value is -4.33. The lowest BCUT2D eigenvalue weighted by Gasteiger charge is -2.27. The van der Waals surface area contributed by atoms with Crippen LogP contribution in [0.25, 0.3) is 11.3 Å². The summed E-state index contributed by atoms with van der Waals surface area (Å²) >= 11 is 0. The Morgan fingerprint density at radius 3 is 2.71 bits per heavy atom. The summed E-state index contributed by atoms with van der Waals surface area (Å²) in [5.41, 5.74) is 4.69. The first-order valence-corrected chi connectivity index (χ1v) is 11.0. The van der Waals surface area contributed by atoms with Crippen LogP contribution in [0.1, 0.15) is 45.7 Å². The van der Waals surface area contributed by atoms with Gasteiger partial charge in [0.25, 0.3) is 5.91 Å². The Bertz CT molecular complexity index is 1370. The van der Waals surface area contributed by atoms with Crippen molar-refractivity contribution in [2.24, 2.45) is 0 Å². The quantitative estimate of drug-likeness (QED) is 0.398. The third kappa shape index (κ3) is 3.63. The second kappa shape index (κ2) is 8.55. The van der Waals surface area contributed by atoms with E-state index in [1.807, 2.05) is 38.1 Å². The standard InChI is InChI=1S/C26H24N4O4/c1-3-34-21-12-17(7-9-20(21)32)25-22-23(18-11-15(2)6-8-19(18)31)28-29-24(22)26(33)30(25)14-16-5-4-10-27-13-16/h4-13,25,31-32H,3,14H2,1-2H3,(H,28,29). The molecule has 5 rings (SSSR count). The first kappa shape index (κ1) is 21.5. The molecule has 1 unspecified atom stereocenters. The number of aromatic nitrogens is 3. The molecule has 1 amide bonds. The van der Waals surface area contributed by atoms with Crippen LogP contribution >= 0.6 is 0 Å². The van der Waals surface area contributed by atoms with Crippen LogP contribution in [0.3, 0.4) is 0 Å². The number of aromatic amines is 1. The lowest BCUT2D eigenvalue weighted by atomic mass is 9.94. The molecule has 2 aromatic heterocycles. The largest absolute Gasteiger partial charge is 0.507 e. The number of carbonyl (C=O) groups is 1. The number of fused-ring (bicyclic) bond motifs is 1. The van der Waals surface area contributed by atoms with E-state index in [4.69, 9.17) is 4.74 Å². The topological polar surface area (TPSA) is 112 Å². The van der Waals surface area contributed by atoms with Crippen molar-refractivity contribution < 1.29 is 19.7 Å². The van der Waals surface area contributed by atoms with Crippen molar-refractivity contribution in [2.75, 3.05) is 6.61 Å². The fraction of sp³-hybridized carbons (Fsp3) is 0.192. The summed E-state index contributed by atoms with van der Waals surface area (Å²) in [7, 11) is 0. The lowest BCUT2D eigenvalue weighted by molar-refractivity contribution is 0.0729. The molecule has 0 aliphatic carbocycles. The number of ether oxygens (including phenoxy) is 1. The van der Waals surface area contributed by atoms with E-state index in [2.05, 4.69) is 15.2 Å². The van der Waals surface area contributed by atoms with Gasteiger partial charge in [-0.1, -0.05) is 23.8 Å². The van der Waals surface area contributed by atoms with Crippen molar-refractivity contribution in [2.45, 2.75) is 26.4 Å². The molecule has 1 aliphatic rings. The van der Waals surface area contributed by atoms with Gasteiger partial charge in [-0.15, -0.1) is 0 Å². The number of phenolic OH excluding ortho intramolecular Hbond substituents is 2. The Morgan fingerprint density at radius 2 is 1.94 bits per heavy atom. The average Bonchev–Trinajstić information content (AvgIpc) is 3.37. The molecule has 8 nitrogen and oxygen atoms in total. The zero-order valence-corrected chi connectivity index (χ0v) is 18.8. The van der Waals surface area contributed by atoms with Gasteiger partial charge in [0.2, 0.25) is 0 Å². The van der Waals surface area contributed by atoms with Crippen LogP contribution in [-0.2, 0) is 6.54 Å². The number of H-pyrrole nitrogens is 1. The number of nitrogens with one attached hydrogen (secondary N) is 1. The highest BCUT2D eigenvalue weighted by Crippen LogP contribution is 2.46. The van der Waals surface area contributed by atoms with Crippen molar-refractivity contribution in [1.29, 1.82) is 0 Å². The van der Waals surface area contributed by atoms with Crippen LogP contribution in [0.5, 0.6) is 17.2 Å². The molecule has 1 aliphatic heterocycles. The van der Waals surface area contributed by atoms with Crippen LogP contribution in [0.2, 0.25) is 0 Å². The molecule has 34 heavy (non-hydrogen) atoms. The average molecular weight is 457 g/mol. The highest BCUT2D eigenvalue weighted by molar-refractivity contribution is 6.00. The van der Waals surface area contributed by atoms with Crippen LogP contribution in [0, 0.1) is 6.92 Å². The predicted molar refractivity (Wildman–Crippen MR) is 126 cm³/mol. The molecule has 2 aromatic carbocycles. The zero-order valence-electron chi connectivity index (χ0n) is 18.8. The molecule has 1 atom stereocenters. The van der Waals surface area contributed by atoms with Gasteiger partial charge < -0.3 is 19.8 Å². The summed E-state index contributed by atoms with van der Waals surface area (Å²) in [4.78, 5) is 19.5. The number of benzene rings is 2. The van der Waals surface area contributed by atoms with Crippen LogP contribution < -0.4 is 4.74 Å².